The summed E-state index contributed by atoms with van der Waals surface area (Å²) in [4.78, 5) is 37.2. The average molecular weight is 418 g/mol. The first-order chi connectivity index (χ1) is 13.9. The van der Waals surface area contributed by atoms with Gasteiger partial charge >= 0.3 is 5.69 Å². The van der Waals surface area contributed by atoms with E-state index < -0.39 is 23.7 Å². The molecule has 0 fully saturated rings. The summed E-state index contributed by atoms with van der Waals surface area (Å²) in [6.07, 6.45) is 1.34. The van der Waals surface area contributed by atoms with Crippen molar-refractivity contribution in [1.29, 1.82) is 0 Å². The van der Waals surface area contributed by atoms with E-state index in [2.05, 4.69) is 5.32 Å². The molecule has 0 unspecified atom stereocenters. The lowest BCUT2D eigenvalue weighted by molar-refractivity contribution is -0.116. The molecule has 0 bridgehead atoms. The zero-order chi connectivity index (χ0) is 21.0. The largest absolute Gasteiger partial charge is 0.495 e. The van der Waals surface area contributed by atoms with Crippen LogP contribution in [0.4, 0.5) is 10.1 Å². The highest BCUT2D eigenvalue weighted by Crippen LogP contribution is 2.27. The molecule has 0 aliphatic heterocycles. The summed E-state index contributed by atoms with van der Waals surface area (Å²) in [7, 11) is 1.44. The molecule has 0 aliphatic rings. The summed E-state index contributed by atoms with van der Waals surface area (Å²) in [6.45, 7) is -0.360. The first-order valence-electron chi connectivity index (χ1n) is 8.55. The highest BCUT2D eigenvalue weighted by molar-refractivity contribution is 6.31. The van der Waals surface area contributed by atoms with E-state index in [-0.39, 0.29) is 12.4 Å². The third-order valence-corrected chi connectivity index (χ3v) is 4.38. The minimum Gasteiger partial charge on any atom is -0.495 e. The van der Waals surface area contributed by atoms with E-state index in [1.807, 2.05) is 0 Å². The topological polar surface area (TPSA) is 82.3 Å². The molecular weight excluding hydrogens is 401 g/mol. The number of anilines is 1. The van der Waals surface area contributed by atoms with Crippen molar-refractivity contribution in [2.24, 2.45) is 0 Å². The molecule has 1 amide bonds. The summed E-state index contributed by atoms with van der Waals surface area (Å²) in [5.74, 6) is -0.597. The fourth-order valence-electron chi connectivity index (χ4n) is 2.72. The van der Waals surface area contributed by atoms with Gasteiger partial charge in [-0.15, -0.1) is 0 Å². The summed E-state index contributed by atoms with van der Waals surface area (Å²) >= 11 is 5.94. The van der Waals surface area contributed by atoms with Crippen LogP contribution in [0.2, 0.25) is 5.02 Å². The Bertz CT molecular complexity index is 1160. The summed E-state index contributed by atoms with van der Waals surface area (Å²) in [6, 6.07) is 11.5. The van der Waals surface area contributed by atoms with Gasteiger partial charge in [0.15, 0.2) is 0 Å². The van der Waals surface area contributed by atoms with Crippen LogP contribution >= 0.6 is 11.6 Å². The molecule has 0 atom stereocenters. The van der Waals surface area contributed by atoms with Crippen LogP contribution < -0.4 is 21.3 Å². The van der Waals surface area contributed by atoms with Crippen LogP contribution in [0.15, 0.2) is 64.3 Å². The molecule has 1 aromatic heterocycles. The molecule has 0 aliphatic carbocycles. The van der Waals surface area contributed by atoms with Crippen LogP contribution in [0, 0.1) is 5.82 Å². The Labute approximate surface area is 169 Å². The van der Waals surface area contributed by atoms with Crippen molar-refractivity contribution in [2.45, 2.75) is 13.1 Å². The molecule has 150 valence electrons. The number of aromatic nitrogens is 2. The Morgan fingerprint density at radius 2 is 1.86 bits per heavy atom. The van der Waals surface area contributed by atoms with E-state index in [9.17, 15) is 18.8 Å². The fourth-order valence-corrected chi connectivity index (χ4v) is 2.89. The Morgan fingerprint density at radius 1 is 1.14 bits per heavy atom. The molecule has 0 spiro atoms. The molecule has 0 radical (unpaired) electrons. The number of amides is 1. The number of nitrogens with zero attached hydrogens (tertiary/aromatic N) is 2. The maximum atomic E-state index is 13.0. The summed E-state index contributed by atoms with van der Waals surface area (Å²) in [5, 5.41) is 2.97. The number of carbonyl (C=O) groups excluding carboxylic acids is 1. The Morgan fingerprint density at radius 3 is 2.55 bits per heavy atom. The van der Waals surface area contributed by atoms with E-state index in [4.69, 9.17) is 16.3 Å². The molecule has 1 heterocycles. The molecule has 0 saturated carbocycles. The lowest BCUT2D eigenvalue weighted by Gasteiger charge is -2.12. The second-order valence-electron chi connectivity index (χ2n) is 6.17. The molecule has 0 saturated heterocycles. The first kappa shape index (κ1) is 20.3. The molecule has 9 heteroatoms. The van der Waals surface area contributed by atoms with Crippen LogP contribution in [-0.4, -0.2) is 22.2 Å². The van der Waals surface area contributed by atoms with E-state index in [1.54, 1.807) is 12.1 Å². The second-order valence-corrected chi connectivity index (χ2v) is 6.61. The number of benzene rings is 2. The third kappa shape index (κ3) is 4.91. The Hall–Kier alpha value is -3.39. The van der Waals surface area contributed by atoms with Crippen molar-refractivity contribution in [2.75, 3.05) is 12.4 Å². The minimum absolute atomic E-state index is 0.128. The number of rotatable bonds is 6. The predicted octanol–water partition coefficient (Wildman–Crippen LogP) is 2.50. The predicted molar refractivity (Wildman–Crippen MR) is 107 cm³/mol. The Kier molecular flexibility index (Phi) is 6.13. The third-order valence-electron chi connectivity index (χ3n) is 4.14. The van der Waals surface area contributed by atoms with Gasteiger partial charge in [-0.2, -0.15) is 0 Å². The number of nitrogens with one attached hydrogen (secondary N) is 1. The average Bonchev–Trinajstić information content (AvgIpc) is 2.69. The highest BCUT2D eigenvalue weighted by atomic mass is 35.5. The molecule has 1 N–H and O–H groups in total. The van der Waals surface area contributed by atoms with Gasteiger partial charge in [-0.3, -0.25) is 18.7 Å². The smallest absolute Gasteiger partial charge is 0.331 e. The van der Waals surface area contributed by atoms with Gasteiger partial charge in [0.05, 0.1) is 19.3 Å². The lowest BCUT2D eigenvalue weighted by Crippen LogP contribution is -2.41. The number of hydrogen-bond donors (Lipinski definition) is 1. The molecule has 2 aromatic carbocycles. The maximum absolute atomic E-state index is 13.0. The molecule has 3 rings (SSSR count). The normalized spacial score (nSPS) is 10.6. The Balaban J connectivity index is 1.83. The van der Waals surface area contributed by atoms with Gasteiger partial charge in [0.1, 0.15) is 18.1 Å². The standard InChI is InChI=1S/C20H17ClFN3O4/c1-29-17-7-4-14(21)10-16(17)23-18(26)12-25-19(27)8-9-24(20(25)28)11-13-2-5-15(22)6-3-13/h2-10H,11-12H2,1H3,(H,23,26). The SMILES string of the molecule is COc1ccc(Cl)cc1NC(=O)Cn1c(=O)ccn(Cc2ccc(F)cc2)c1=O. The van der Waals surface area contributed by atoms with Crippen molar-refractivity contribution >= 4 is 23.2 Å². The van der Waals surface area contributed by atoms with Gasteiger partial charge < -0.3 is 10.1 Å². The zero-order valence-electron chi connectivity index (χ0n) is 15.4. The van der Waals surface area contributed by atoms with Crippen LogP contribution in [-0.2, 0) is 17.9 Å². The molecule has 3 aromatic rings. The maximum Gasteiger partial charge on any atom is 0.331 e. The van der Waals surface area contributed by atoms with Gasteiger partial charge in [-0.25, -0.2) is 9.18 Å². The molecule has 29 heavy (non-hydrogen) atoms. The van der Waals surface area contributed by atoms with Crippen molar-refractivity contribution < 1.29 is 13.9 Å². The van der Waals surface area contributed by atoms with Crippen molar-refractivity contribution in [1.82, 2.24) is 9.13 Å². The summed E-state index contributed by atoms with van der Waals surface area (Å²) in [5.41, 5.74) is -0.277. The van der Waals surface area contributed by atoms with Crippen LogP contribution in [0.25, 0.3) is 0 Å². The van der Waals surface area contributed by atoms with Gasteiger partial charge in [0.2, 0.25) is 5.91 Å². The van der Waals surface area contributed by atoms with Crippen LogP contribution in [0.1, 0.15) is 5.56 Å². The fraction of sp³-hybridized carbons (Fsp3) is 0.150. The first-order valence-corrected chi connectivity index (χ1v) is 8.93. The van der Waals surface area contributed by atoms with Crippen LogP contribution in [0.5, 0.6) is 5.75 Å². The minimum atomic E-state index is -0.657. The van der Waals surface area contributed by atoms with Gasteiger partial charge in [-0.1, -0.05) is 23.7 Å². The molecule has 7 nitrogen and oxygen atoms in total. The van der Waals surface area contributed by atoms with Gasteiger partial charge in [0, 0.05) is 17.3 Å². The van der Waals surface area contributed by atoms with Gasteiger partial charge in [-0.05, 0) is 35.9 Å². The molecular formula is C20H17ClFN3O4. The van der Waals surface area contributed by atoms with E-state index in [0.717, 1.165) is 4.57 Å². The van der Waals surface area contributed by atoms with E-state index in [1.165, 1.54) is 54.3 Å². The van der Waals surface area contributed by atoms with Gasteiger partial charge in [0.25, 0.3) is 5.56 Å². The summed E-state index contributed by atoms with van der Waals surface area (Å²) < 4.78 is 20.3. The second kappa shape index (κ2) is 8.74. The number of carbonyl (C=O) groups is 1. The number of halogens is 2. The highest BCUT2D eigenvalue weighted by Gasteiger charge is 2.13. The van der Waals surface area contributed by atoms with E-state index in [0.29, 0.717) is 22.0 Å². The van der Waals surface area contributed by atoms with Crippen molar-refractivity contribution in [3.63, 3.8) is 0 Å². The van der Waals surface area contributed by atoms with Crippen LogP contribution in [0.3, 0.4) is 0 Å². The van der Waals surface area contributed by atoms with E-state index >= 15 is 0 Å². The monoisotopic (exact) mass is 417 g/mol. The number of hydrogen-bond acceptors (Lipinski definition) is 4. The zero-order valence-corrected chi connectivity index (χ0v) is 16.1. The lowest BCUT2D eigenvalue weighted by atomic mass is 10.2. The van der Waals surface area contributed by atoms with Crippen molar-refractivity contribution in [3.05, 3.63) is 92.0 Å². The number of methoxy groups -OCH3 is 1. The number of ether oxygens (including phenoxy) is 1. The van der Waals surface area contributed by atoms with Crippen molar-refractivity contribution in [3.8, 4) is 5.75 Å². The quantitative estimate of drug-likeness (QED) is 0.668.